The molecule has 0 radical (unpaired) electrons. The molecular weight excluding hydrogens is 759 g/mol. The first-order chi connectivity index (χ1) is 30.8. The molecule has 0 saturated heterocycles. The van der Waals surface area contributed by atoms with Crippen LogP contribution >= 0.6 is 0 Å². The number of para-hydroxylation sites is 6. The Morgan fingerprint density at radius 1 is 0.323 bits per heavy atom. The van der Waals surface area contributed by atoms with Crippen LogP contribution in [0.1, 0.15) is 0 Å². The van der Waals surface area contributed by atoms with E-state index in [4.69, 9.17) is 14.6 Å². The van der Waals surface area contributed by atoms with Gasteiger partial charge in [0.1, 0.15) is 11.2 Å². The van der Waals surface area contributed by atoms with Crippen molar-refractivity contribution in [2.24, 2.45) is 0 Å². The van der Waals surface area contributed by atoms with E-state index >= 15 is 0 Å². The summed E-state index contributed by atoms with van der Waals surface area (Å²) < 4.78 is 13.7. The molecule has 0 unspecified atom stereocenters. The predicted octanol–water partition coefficient (Wildman–Crippen LogP) is 14.4. The molecule has 0 amide bonds. The third-order valence-electron chi connectivity index (χ3n) is 12.4. The maximum atomic E-state index is 6.66. The van der Waals surface area contributed by atoms with Gasteiger partial charge in [-0.2, -0.15) is 0 Å². The Balaban J connectivity index is 1.06. The van der Waals surface area contributed by atoms with Crippen LogP contribution in [0.4, 0.5) is 0 Å². The smallest absolute Gasteiger partial charge is 0.169 e. The van der Waals surface area contributed by atoms with Crippen LogP contribution in [0.5, 0.6) is 0 Å². The molecule has 0 aliphatic heterocycles. The number of hydrogen-bond donors (Lipinski definition) is 0. The van der Waals surface area contributed by atoms with Gasteiger partial charge in [-0.05, 0) is 60.7 Å². The third-order valence-corrected chi connectivity index (χ3v) is 12.4. The number of hydrogen-bond acceptors (Lipinski definition) is 3. The van der Waals surface area contributed by atoms with Crippen molar-refractivity contribution in [3.63, 3.8) is 0 Å². The van der Waals surface area contributed by atoms with Gasteiger partial charge in [0.25, 0.3) is 0 Å². The van der Waals surface area contributed by atoms with E-state index in [1.807, 2.05) is 30.3 Å². The maximum Gasteiger partial charge on any atom is 0.169 e. The number of rotatable bonds is 6. The summed E-state index contributed by atoms with van der Waals surface area (Å²) in [7, 11) is 0. The summed E-state index contributed by atoms with van der Waals surface area (Å²) in [5.41, 5.74) is 13.6. The Labute approximate surface area is 355 Å². The SMILES string of the molecule is c1ccc(-c2nnc(-c3cccc4c3c3ccccc3n4-c3ccccc3-c3ccccc3-n3c4ccccc4c4c5oc6ccccc6c5ccc43)n2-c2ccccc2)cc1. The highest BCUT2D eigenvalue weighted by atomic mass is 16.3. The molecule has 0 saturated carbocycles. The quantitative estimate of drug-likeness (QED) is 0.168. The molecule has 0 bridgehead atoms. The normalized spacial score (nSPS) is 11.9. The molecule has 0 spiro atoms. The van der Waals surface area contributed by atoms with E-state index in [0.29, 0.717) is 0 Å². The summed E-state index contributed by atoms with van der Waals surface area (Å²) >= 11 is 0. The van der Waals surface area contributed by atoms with E-state index in [-0.39, 0.29) is 0 Å². The fourth-order valence-electron chi connectivity index (χ4n) is 9.81. The first kappa shape index (κ1) is 34.4. The Hall–Kier alpha value is -8.48. The van der Waals surface area contributed by atoms with Crippen molar-refractivity contribution < 1.29 is 4.42 Å². The Morgan fingerprint density at radius 3 is 1.55 bits per heavy atom. The molecule has 0 atom stereocenters. The number of nitrogens with zero attached hydrogens (tertiary/aromatic N) is 5. The maximum absolute atomic E-state index is 6.66. The fraction of sp³-hybridized carbons (Fsp3) is 0. The topological polar surface area (TPSA) is 53.7 Å². The average molecular weight is 794 g/mol. The molecule has 0 fully saturated rings. The summed E-state index contributed by atoms with van der Waals surface area (Å²) in [6.07, 6.45) is 0. The second-order valence-electron chi connectivity index (χ2n) is 15.8. The largest absolute Gasteiger partial charge is 0.455 e. The minimum atomic E-state index is 0.784. The molecular formula is C56H35N5O. The highest BCUT2D eigenvalue weighted by Crippen LogP contribution is 2.45. The van der Waals surface area contributed by atoms with Crippen molar-refractivity contribution in [1.29, 1.82) is 0 Å². The standard InChI is InChI=1S/C56H35N5O/c1-3-18-36(19-4-1)55-57-58-56(59(55)37-20-5-2-6-21-37)44-27-17-32-49-52(44)42-25-9-14-30-47(42)60(49)45-28-12-7-22-38(45)39-23-8-13-29-46(39)61-48-31-15-10-26-43(48)53-50(61)35-34-41-40-24-11-16-33-51(40)62-54(41)53/h1-35H. The molecule has 6 heteroatoms. The van der Waals surface area contributed by atoms with Crippen LogP contribution < -0.4 is 0 Å². The first-order valence-corrected chi connectivity index (χ1v) is 20.9. The molecule has 62 heavy (non-hydrogen) atoms. The van der Waals surface area contributed by atoms with Gasteiger partial charge in [-0.15, -0.1) is 10.2 Å². The number of fused-ring (bicyclic) bond motifs is 10. The molecule has 4 aromatic heterocycles. The number of furan rings is 1. The molecule has 4 heterocycles. The van der Waals surface area contributed by atoms with E-state index in [9.17, 15) is 0 Å². The first-order valence-electron chi connectivity index (χ1n) is 20.9. The minimum Gasteiger partial charge on any atom is -0.455 e. The zero-order valence-corrected chi connectivity index (χ0v) is 33.4. The molecule has 6 nitrogen and oxygen atoms in total. The van der Waals surface area contributed by atoms with Gasteiger partial charge in [-0.1, -0.05) is 152 Å². The van der Waals surface area contributed by atoms with Crippen LogP contribution in [0, 0.1) is 0 Å². The van der Waals surface area contributed by atoms with Gasteiger partial charge >= 0.3 is 0 Å². The summed E-state index contributed by atoms with van der Waals surface area (Å²) in [6, 6.07) is 75.0. The second-order valence-corrected chi connectivity index (χ2v) is 15.8. The van der Waals surface area contributed by atoms with Crippen LogP contribution in [-0.2, 0) is 0 Å². The fourth-order valence-corrected chi connectivity index (χ4v) is 9.81. The van der Waals surface area contributed by atoms with Crippen LogP contribution in [0.3, 0.4) is 0 Å². The number of benzene rings is 9. The lowest BCUT2D eigenvalue weighted by Gasteiger charge is -2.18. The van der Waals surface area contributed by atoms with Crippen molar-refractivity contribution in [3.8, 4) is 51.0 Å². The van der Waals surface area contributed by atoms with E-state index in [1.54, 1.807) is 0 Å². The van der Waals surface area contributed by atoms with Crippen molar-refractivity contribution >= 4 is 65.6 Å². The van der Waals surface area contributed by atoms with E-state index in [0.717, 1.165) is 117 Å². The Kier molecular flexibility index (Phi) is 7.50. The van der Waals surface area contributed by atoms with Gasteiger partial charge in [0.05, 0.1) is 38.8 Å². The molecule has 9 aromatic carbocycles. The summed E-state index contributed by atoms with van der Waals surface area (Å²) in [5.74, 6) is 1.58. The van der Waals surface area contributed by atoms with Gasteiger partial charge in [0.15, 0.2) is 11.6 Å². The molecule has 13 rings (SSSR count). The molecule has 13 aromatic rings. The van der Waals surface area contributed by atoms with E-state index in [2.05, 4.69) is 196 Å². The van der Waals surface area contributed by atoms with E-state index in [1.165, 1.54) is 0 Å². The van der Waals surface area contributed by atoms with Gasteiger partial charge in [0, 0.05) is 54.9 Å². The van der Waals surface area contributed by atoms with Crippen molar-refractivity contribution in [1.82, 2.24) is 23.9 Å². The van der Waals surface area contributed by atoms with Crippen molar-refractivity contribution in [2.75, 3.05) is 0 Å². The minimum absolute atomic E-state index is 0.784. The molecule has 0 N–H and O–H groups in total. The summed E-state index contributed by atoms with van der Waals surface area (Å²) in [5, 5.41) is 16.6. The van der Waals surface area contributed by atoms with E-state index < -0.39 is 0 Å². The van der Waals surface area contributed by atoms with Gasteiger partial charge in [-0.3, -0.25) is 4.57 Å². The predicted molar refractivity (Wildman–Crippen MR) is 254 cm³/mol. The lowest BCUT2D eigenvalue weighted by atomic mass is 10.0. The summed E-state index contributed by atoms with van der Waals surface area (Å²) in [6.45, 7) is 0. The van der Waals surface area contributed by atoms with Crippen molar-refractivity contribution in [3.05, 3.63) is 212 Å². The van der Waals surface area contributed by atoms with Crippen LogP contribution in [0.15, 0.2) is 217 Å². The number of aromatic nitrogens is 5. The zero-order chi connectivity index (χ0) is 40.7. The second kappa shape index (κ2) is 13.5. The third kappa shape index (κ3) is 4.98. The van der Waals surface area contributed by atoms with Crippen molar-refractivity contribution in [2.45, 2.75) is 0 Å². The Bertz CT molecular complexity index is 3870. The Morgan fingerprint density at radius 2 is 0.839 bits per heavy atom. The average Bonchev–Trinajstić information content (AvgIpc) is 4.12. The van der Waals surface area contributed by atoms with Gasteiger partial charge < -0.3 is 13.6 Å². The lowest BCUT2D eigenvalue weighted by Crippen LogP contribution is -2.02. The zero-order valence-electron chi connectivity index (χ0n) is 33.4. The molecule has 0 aliphatic rings. The van der Waals surface area contributed by atoms with Gasteiger partial charge in [-0.25, -0.2) is 0 Å². The van der Waals surface area contributed by atoms with Gasteiger partial charge in [0.2, 0.25) is 0 Å². The molecule has 290 valence electrons. The van der Waals surface area contributed by atoms with Crippen LogP contribution in [-0.4, -0.2) is 23.9 Å². The summed E-state index contributed by atoms with van der Waals surface area (Å²) in [4.78, 5) is 0. The van der Waals surface area contributed by atoms with Crippen LogP contribution in [0.25, 0.3) is 117 Å². The highest BCUT2D eigenvalue weighted by molar-refractivity contribution is 6.24. The molecule has 0 aliphatic carbocycles. The monoisotopic (exact) mass is 793 g/mol. The van der Waals surface area contributed by atoms with Crippen LogP contribution in [0.2, 0.25) is 0 Å². The highest BCUT2D eigenvalue weighted by Gasteiger charge is 2.25. The lowest BCUT2D eigenvalue weighted by molar-refractivity contribution is 0.673.